The molecule has 0 aliphatic carbocycles. The molecule has 0 heterocycles. The summed E-state index contributed by atoms with van der Waals surface area (Å²) >= 11 is 0. The summed E-state index contributed by atoms with van der Waals surface area (Å²) in [6.45, 7) is 1.41. The Morgan fingerprint density at radius 3 is 1.64 bits per heavy atom. The number of carbonyl (C=O) groups excluding carboxylic acids is 1. The second-order valence-electron chi connectivity index (χ2n) is 5.18. The zero-order chi connectivity index (χ0) is 16.2. The quantitative estimate of drug-likeness (QED) is 0.862. The minimum atomic E-state index is -1.90. The summed E-state index contributed by atoms with van der Waals surface area (Å²) in [7, 11) is 2.71. The Bertz CT molecular complexity index is 581. The predicted molar refractivity (Wildman–Crippen MR) is 83.3 cm³/mol. The van der Waals surface area contributed by atoms with Crippen LogP contribution in [0.3, 0.4) is 0 Å². The van der Waals surface area contributed by atoms with Crippen LogP contribution in [0.25, 0.3) is 0 Å². The molecule has 0 aliphatic rings. The van der Waals surface area contributed by atoms with Crippen LogP contribution < -0.4 is 0 Å². The van der Waals surface area contributed by atoms with E-state index < -0.39 is 17.2 Å². The molecule has 2 aromatic carbocycles. The van der Waals surface area contributed by atoms with E-state index in [9.17, 15) is 9.90 Å². The summed E-state index contributed by atoms with van der Waals surface area (Å²) in [6, 6.07) is 18.3. The number of rotatable bonds is 5. The van der Waals surface area contributed by atoms with Crippen molar-refractivity contribution in [2.24, 2.45) is 0 Å². The molecule has 116 valence electrons. The maximum Gasteiger partial charge on any atom is 0.341 e. The number of benzene rings is 2. The molecule has 0 spiro atoms. The highest BCUT2D eigenvalue weighted by molar-refractivity contribution is 5.82. The lowest BCUT2D eigenvalue weighted by atomic mass is 9.73. The van der Waals surface area contributed by atoms with E-state index in [4.69, 9.17) is 9.47 Å². The molecule has 1 N–H and O–H groups in total. The SMILES string of the molecule is COC(=O)C(C)(O)C(OC)(c1ccccc1)c1ccccc1. The fourth-order valence-electron chi connectivity index (χ4n) is 2.85. The number of esters is 1. The lowest BCUT2D eigenvalue weighted by Gasteiger charge is -2.43. The molecule has 0 fully saturated rings. The normalized spacial score (nSPS) is 14.2. The van der Waals surface area contributed by atoms with Crippen molar-refractivity contribution in [1.29, 1.82) is 0 Å². The Kier molecular flexibility index (Phi) is 4.64. The van der Waals surface area contributed by atoms with Gasteiger partial charge in [0.25, 0.3) is 0 Å². The second kappa shape index (κ2) is 6.30. The predicted octanol–water partition coefficient (Wildman–Crippen LogP) is 2.50. The van der Waals surface area contributed by atoms with Crippen LogP contribution in [-0.2, 0) is 19.9 Å². The molecule has 2 aromatic rings. The summed E-state index contributed by atoms with van der Waals surface area (Å²) in [6.07, 6.45) is 0. The minimum Gasteiger partial charge on any atom is -0.467 e. The second-order valence-corrected chi connectivity index (χ2v) is 5.18. The summed E-state index contributed by atoms with van der Waals surface area (Å²) in [5.74, 6) is -0.762. The van der Waals surface area contributed by atoms with Gasteiger partial charge in [-0.3, -0.25) is 0 Å². The molecule has 0 radical (unpaired) electrons. The molecule has 1 unspecified atom stereocenters. The first kappa shape index (κ1) is 16.2. The van der Waals surface area contributed by atoms with E-state index in [2.05, 4.69) is 0 Å². The van der Waals surface area contributed by atoms with Gasteiger partial charge < -0.3 is 14.6 Å². The van der Waals surface area contributed by atoms with Crippen molar-refractivity contribution in [3.05, 3.63) is 71.8 Å². The molecule has 0 aliphatic heterocycles. The molecule has 22 heavy (non-hydrogen) atoms. The van der Waals surface area contributed by atoms with Crippen LogP contribution in [0.15, 0.2) is 60.7 Å². The Hall–Kier alpha value is -2.17. The zero-order valence-electron chi connectivity index (χ0n) is 12.9. The molecule has 0 saturated heterocycles. The van der Waals surface area contributed by atoms with Crippen LogP contribution >= 0.6 is 0 Å². The van der Waals surface area contributed by atoms with E-state index in [0.29, 0.717) is 11.1 Å². The topological polar surface area (TPSA) is 55.8 Å². The molecule has 0 bridgehead atoms. The average molecular weight is 300 g/mol. The highest BCUT2D eigenvalue weighted by atomic mass is 16.6. The van der Waals surface area contributed by atoms with Crippen molar-refractivity contribution < 1.29 is 19.4 Å². The van der Waals surface area contributed by atoms with Gasteiger partial charge in [0.05, 0.1) is 7.11 Å². The summed E-state index contributed by atoms with van der Waals surface area (Å²) < 4.78 is 10.5. The number of methoxy groups -OCH3 is 2. The van der Waals surface area contributed by atoms with E-state index >= 15 is 0 Å². The highest BCUT2D eigenvalue weighted by Gasteiger charge is 2.56. The van der Waals surface area contributed by atoms with Crippen molar-refractivity contribution in [3.63, 3.8) is 0 Å². The fourth-order valence-corrected chi connectivity index (χ4v) is 2.85. The Morgan fingerprint density at radius 1 is 0.909 bits per heavy atom. The van der Waals surface area contributed by atoms with Gasteiger partial charge in [-0.25, -0.2) is 4.79 Å². The zero-order valence-corrected chi connectivity index (χ0v) is 12.9. The first-order valence-corrected chi connectivity index (χ1v) is 6.97. The molecule has 1 atom stereocenters. The molecule has 0 aromatic heterocycles. The Labute approximate surface area is 130 Å². The average Bonchev–Trinajstić information content (AvgIpc) is 2.57. The van der Waals surface area contributed by atoms with E-state index in [1.54, 1.807) is 0 Å². The molecule has 0 saturated carbocycles. The highest BCUT2D eigenvalue weighted by Crippen LogP contribution is 2.43. The summed E-state index contributed by atoms with van der Waals surface area (Å²) in [5.41, 5.74) is -1.94. The van der Waals surface area contributed by atoms with Gasteiger partial charge in [-0.05, 0) is 18.1 Å². The lowest BCUT2D eigenvalue weighted by Crippen LogP contribution is -2.57. The van der Waals surface area contributed by atoms with Crippen molar-refractivity contribution in [1.82, 2.24) is 0 Å². The molecular formula is C18H20O4. The van der Waals surface area contributed by atoms with Crippen LogP contribution in [0.4, 0.5) is 0 Å². The van der Waals surface area contributed by atoms with Crippen molar-refractivity contribution in [2.75, 3.05) is 14.2 Å². The van der Waals surface area contributed by atoms with Crippen LogP contribution in [0.5, 0.6) is 0 Å². The van der Waals surface area contributed by atoms with Crippen molar-refractivity contribution >= 4 is 5.97 Å². The molecule has 0 amide bonds. The van der Waals surface area contributed by atoms with E-state index in [1.807, 2.05) is 60.7 Å². The number of carbonyl (C=O) groups is 1. The Balaban J connectivity index is 2.77. The number of hydrogen-bond donors (Lipinski definition) is 1. The molecule has 4 heteroatoms. The molecule has 2 rings (SSSR count). The van der Waals surface area contributed by atoms with Gasteiger partial charge in [-0.15, -0.1) is 0 Å². The van der Waals surface area contributed by atoms with Gasteiger partial charge in [0.15, 0.2) is 11.2 Å². The fraction of sp³-hybridized carbons (Fsp3) is 0.278. The third-order valence-electron chi connectivity index (χ3n) is 3.94. The van der Waals surface area contributed by atoms with Gasteiger partial charge in [-0.2, -0.15) is 0 Å². The molecule has 4 nitrogen and oxygen atoms in total. The van der Waals surface area contributed by atoms with Crippen LogP contribution in [0, 0.1) is 0 Å². The third kappa shape index (κ3) is 2.40. The van der Waals surface area contributed by atoms with Crippen LogP contribution in [0.2, 0.25) is 0 Å². The van der Waals surface area contributed by atoms with Gasteiger partial charge >= 0.3 is 5.97 Å². The van der Waals surface area contributed by atoms with E-state index in [0.717, 1.165) is 0 Å². The smallest absolute Gasteiger partial charge is 0.341 e. The van der Waals surface area contributed by atoms with Gasteiger partial charge in [0.1, 0.15) is 0 Å². The summed E-state index contributed by atoms with van der Waals surface area (Å²) in [4.78, 5) is 12.2. The molecular weight excluding hydrogens is 280 g/mol. The standard InChI is InChI=1S/C18H20O4/c1-17(20,16(19)21-2)18(22-3,14-10-6-4-7-11-14)15-12-8-5-9-13-15/h4-13,20H,1-3H3. The first-order chi connectivity index (χ1) is 10.5. The van der Waals surface area contributed by atoms with Gasteiger partial charge in [-0.1, -0.05) is 60.7 Å². The minimum absolute atomic E-state index is 0.666. The third-order valence-corrected chi connectivity index (χ3v) is 3.94. The summed E-state index contributed by atoms with van der Waals surface area (Å²) in [5, 5.41) is 11.0. The first-order valence-electron chi connectivity index (χ1n) is 6.97. The monoisotopic (exact) mass is 300 g/mol. The van der Waals surface area contributed by atoms with Gasteiger partial charge in [0.2, 0.25) is 0 Å². The Morgan fingerprint density at radius 2 is 1.32 bits per heavy atom. The van der Waals surface area contributed by atoms with E-state index in [1.165, 1.54) is 21.1 Å². The van der Waals surface area contributed by atoms with Gasteiger partial charge in [0, 0.05) is 7.11 Å². The number of ether oxygens (including phenoxy) is 2. The lowest BCUT2D eigenvalue weighted by molar-refractivity contribution is -0.191. The number of hydrogen-bond acceptors (Lipinski definition) is 4. The van der Waals surface area contributed by atoms with E-state index in [-0.39, 0.29) is 0 Å². The van der Waals surface area contributed by atoms with Crippen molar-refractivity contribution in [2.45, 2.75) is 18.1 Å². The van der Waals surface area contributed by atoms with Crippen LogP contribution in [-0.4, -0.2) is 30.9 Å². The van der Waals surface area contributed by atoms with Crippen LogP contribution in [0.1, 0.15) is 18.1 Å². The number of aliphatic hydroxyl groups is 1. The maximum atomic E-state index is 12.2. The largest absolute Gasteiger partial charge is 0.467 e. The maximum absolute atomic E-state index is 12.2. The van der Waals surface area contributed by atoms with Crippen molar-refractivity contribution in [3.8, 4) is 0 Å².